The zero-order chi connectivity index (χ0) is 16.3. The maximum atomic E-state index is 11.7. The van der Waals surface area contributed by atoms with Crippen LogP contribution in [0.4, 0.5) is 17.8 Å². The molecule has 0 spiro atoms. The molecule has 1 aromatic rings. The molecule has 120 valence electrons. The van der Waals surface area contributed by atoms with Crippen LogP contribution in [0.25, 0.3) is 0 Å². The van der Waals surface area contributed by atoms with Crippen LogP contribution < -0.4 is 16.0 Å². The monoisotopic (exact) mass is 316 g/mol. The quantitative estimate of drug-likeness (QED) is 0.749. The molecule has 0 radical (unpaired) electrons. The summed E-state index contributed by atoms with van der Waals surface area (Å²) in [6.07, 6.45) is 1.21. The molecule has 0 bridgehead atoms. The van der Waals surface area contributed by atoms with Crippen molar-refractivity contribution in [2.45, 2.75) is 32.4 Å². The van der Waals surface area contributed by atoms with Crippen molar-refractivity contribution in [3.63, 3.8) is 0 Å². The van der Waals surface area contributed by atoms with Gasteiger partial charge >= 0.3 is 0 Å². The highest BCUT2D eigenvalue weighted by Gasteiger charge is 2.30. The molecule has 8 nitrogen and oxygen atoms in total. The molecule has 1 heterocycles. The van der Waals surface area contributed by atoms with E-state index >= 15 is 0 Å². The first-order valence-corrected chi connectivity index (χ1v) is 8.69. The molecule has 0 saturated heterocycles. The third kappa shape index (κ3) is 4.42. The largest absolute Gasteiger partial charge is 0.368 e. The van der Waals surface area contributed by atoms with Crippen LogP contribution in [0.15, 0.2) is 0 Å². The Kier molecular flexibility index (Phi) is 5.32. The second-order valence-electron chi connectivity index (χ2n) is 5.37. The van der Waals surface area contributed by atoms with Crippen molar-refractivity contribution in [2.75, 3.05) is 41.8 Å². The van der Waals surface area contributed by atoms with Crippen LogP contribution in [0, 0.1) is 0 Å². The van der Waals surface area contributed by atoms with Gasteiger partial charge < -0.3 is 16.0 Å². The lowest BCUT2D eigenvalue weighted by molar-refractivity contribution is 0.559. The first-order chi connectivity index (χ1) is 9.60. The van der Waals surface area contributed by atoms with E-state index in [0.717, 1.165) is 13.1 Å². The van der Waals surface area contributed by atoms with Crippen LogP contribution in [0.5, 0.6) is 0 Å². The zero-order valence-corrected chi connectivity index (χ0v) is 14.0. The Bertz CT molecular complexity index is 583. The van der Waals surface area contributed by atoms with Crippen molar-refractivity contribution >= 4 is 27.7 Å². The van der Waals surface area contributed by atoms with Gasteiger partial charge in [-0.3, -0.25) is 0 Å². The topological polar surface area (TPSA) is 114 Å². The minimum atomic E-state index is -3.19. The Morgan fingerprint density at radius 2 is 1.76 bits per heavy atom. The Balaban J connectivity index is 2.95. The molecule has 3 N–H and O–H groups in total. The molecule has 9 heteroatoms. The van der Waals surface area contributed by atoms with Crippen LogP contribution in [-0.2, 0) is 9.84 Å². The molecule has 0 aromatic carbocycles. The fourth-order valence-corrected chi connectivity index (χ4v) is 1.86. The van der Waals surface area contributed by atoms with Gasteiger partial charge in [-0.2, -0.15) is 15.0 Å². The highest BCUT2D eigenvalue weighted by atomic mass is 32.2. The Labute approximate surface area is 126 Å². The summed E-state index contributed by atoms with van der Waals surface area (Å²) in [5, 5.41) is 2.93. The highest BCUT2D eigenvalue weighted by Crippen LogP contribution is 2.17. The highest BCUT2D eigenvalue weighted by molar-refractivity contribution is 7.92. The van der Waals surface area contributed by atoms with E-state index in [9.17, 15) is 8.42 Å². The summed E-state index contributed by atoms with van der Waals surface area (Å²) in [6.45, 7) is 8.94. The number of hydrogen-bond donors (Lipinski definition) is 2. The van der Waals surface area contributed by atoms with Crippen molar-refractivity contribution in [1.82, 2.24) is 15.0 Å². The summed E-state index contributed by atoms with van der Waals surface area (Å²) in [5.41, 5.74) is 5.68. The third-order valence-corrected chi connectivity index (χ3v) is 5.52. The number of anilines is 3. The molecule has 0 unspecified atom stereocenters. The SMILES string of the molecule is CCN(CC)c1nc(N)nc(NCC(C)(C)S(C)(=O)=O)n1. The number of sulfone groups is 1. The Morgan fingerprint density at radius 3 is 2.24 bits per heavy atom. The van der Waals surface area contributed by atoms with Gasteiger partial charge in [0.2, 0.25) is 17.8 Å². The summed E-state index contributed by atoms with van der Waals surface area (Å²) in [7, 11) is -3.19. The van der Waals surface area contributed by atoms with Crippen molar-refractivity contribution < 1.29 is 8.42 Å². The number of aromatic nitrogens is 3. The molecule has 1 aromatic heterocycles. The van der Waals surface area contributed by atoms with Crippen molar-refractivity contribution in [3.8, 4) is 0 Å². The number of nitrogens with two attached hydrogens (primary N) is 1. The van der Waals surface area contributed by atoms with Gasteiger partial charge in [-0.05, 0) is 27.7 Å². The fourth-order valence-electron chi connectivity index (χ4n) is 1.53. The van der Waals surface area contributed by atoms with Gasteiger partial charge in [0.15, 0.2) is 9.84 Å². The van der Waals surface area contributed by atoms with Gasteiger partial charge in [0.05, 0.1) is 4.75 Å². The van der Waals surface area contributed by atoms with E-state index in [1.54, 1.807) is 13.8 Å². The van der Waals surface area contributed by atoms with Gasteiger partial charge in [-0.15, -0.1) is 0 Å². The lowest BCUT2D eigenvalue weighted by atomic mass is 10.2. The first-order valence-electron chi connectivity index (χ1n) is 6.80. The smallest absolute Gasteiger partial charge is 0.231 e. The molecule has 21 heavy (non-hydrogen) atoms. The molecule has 0 aliphatic rings. The normalized spacial score (nSPS) is 12.2. The third-order valence-electron chi connectivity index (χ3n) is 3.36. The van der Waals surface area contributed by atoms with Gasteiger partial charge in [-0.1, -0.05) is 0 Å². The van der Waals surface area contributed by atoms with Crippen LogP contribution in [-0.4, -0.2) is 54.0 Å². The molecule has 0 aliphatic carbocycles. The molecule has 0 aliphatic heterocycles. The fraction of sp³-hybridized carbons (Fsp3) is 0.750. The summed E-state index contributed by atoms with van der Waals surface area (Å²) < 4.78 is 22.4. The van der Waals surface area contributed by atoms with E-state index < -0.39 is 14.6 Å². The Hall–Kier alpha value is -1.64. The molecular formula is C12H24N6O2S. The number of hydrogen-bond acceptors (Lipinski definition) is 8. The maximum absolute atomic E-state index is 11.7. The lowest BCUT2D eigenvalue weighted by Gasteiger charge is -2.23. The average molecular weight is 316 g/mol. The summed E-state index contributed by atoms with van der Waals surface area (Å²) in [4.78, 5) is 14.3. The number of nitrogens with one attached hydrogen (secondary N) is 1. The minimum absolute atomic E-state index is 0.103. The van der Waals surface area contributed by atoms with Crippen molar-refractivity contribution in [1.29, 1.82) is 0 Å². The molecule has 0 amide bonds. The number of nitrogens with zero attached hydrogens (tertiary/aromatic N) is 4. The second kappa shape index (κ2) is 6.42. The van der Waals surface area contributed by atoms with E-state index in [1.165, 1.54) is 6.26 Å². The second-order valence-corrected chi connectivity index (χ2v) is 8.02. The van der Waals surface area contributed by atoms with Crippen molar-refractivity contribution in [3.05, 3.63) is 0 Å². The molecule has 0 saturated carbocycles. The van der Waals surface area contributed by atoms with Gasteiger partial charge in [-0.25, -0.2) is 8.42 Å². The molecular weight excluding hydrogens is 292 g/mol. The standard InChI is InChI=1S/C12H24N6O2S/c1-6-18(7-2)11-16-9(13)15-10(17-11)14-8-12(3,4)21(5,19)20/h6-8H2,1-5H3,(H3,13,14,15,16,17). The van der Waals surface area contributed by atoms with E-state index in [2.05, 4.69) is 20.3 Å². The minimum Gasteiger partial charge on any atom is -0.368 e. The maximum Gasteiger partial charge on any atom is 0.231 e. The van der Waals surface area contributed by atoms with Crippen molar-refractivity contribution in [2.24, 2.45) is 0 Å². The zero-order valence-electron chi connectivity index (χ0n) is 13.2. The lowest BCUT2D eigenvalue weighted by Crippen LogP contribution is -2.38. The van der Waals surface area contributed by atoms with Crippen LogP contribution in [0.2, 0.25) is 0 Å². The summed E-state index contributed by atoms with van der Waals surface area (Å²) in [5.74, 6) is 0.861. The van der Waals surface area contributed by atoms with E-state index in [0.29, 0.717) is 5.95 Å². The van der Waals surface area contributed by atoms with E-state index in [4.69, 9.17) is 5.73 Å². The number of rotatable bonds is 7. The van der Waals surface area contributed by atoms with E-state index in [1.807, 2.05) is 18.7 Å². The molecule has 1 rings (SSSR count). The van der Waals surface area contributed by atoms with Gasteiger partial charge in [0.25, 0.3) is 0 Å². The van der Waals surface area contributed by atoms with E-state index in [-0.39, 0.29) is 18.4 Å². The predicted octanol–water partition coefficient (Wildman–Crippen LogP) is 0.535. The molecule has 0 atom stereocenters. The summed E-state index contributed by atoms with van der Waals surface area (Å²) >= 11 is 0. The first kappa shape index (κ1) is 17.4. The Morgan fingerprint density at radius 1 is 1.19 bits per heavy atom. The number of nitrogen functional groups attached to an aromatic ring is 1. The average Bonchev–Trinajstić information content (AvgIpc) is 2.36. The van der Waals surface area contributed by atoms with Crippen LogP contribution in [0.1, 0.15) is 27.7 Å². The predicted molar refractivity (Wildman–Crippen MR) is 85.2 cm³/mol. The van der Waals surface area contributed by atoms with Crippen LogP contribution >= 0.6 is 0 Å². The summed E-state index contributed by atoms with van der Waals surface area (Å²) in [6, 6.07) is 0. The van der Waals surface area contributed by atoms with Gasteiger partial charge in [0.1, 0.15) is 0 Å². The molecule has 0 fully saturated rings. The van der Waals surface area contributed by atoms with Gasteiger partial charge in [0, 0.05) is 25.9 Å². The van der Waals surface area contributed by atoms with Crippen LogP contribution in [0.3, 0.4) is 0 Å².